The third kappa shape index (κ3) is 3.08. The predicted molar refractivity (Wildman–Crippen MR) is 78.2 cm³/mol. The second-order valence-corrected chi connectivity index (χ2v) is 4.68. The van der Waals surface area contributed by atoms with Crippen molar-refractivity contribution in [3.05, 3.63) is 65.8 Å². The SMILES string of the molecule is Cc1ccccc1-c1nnc(CNc2ccc(F)cc2)o1. The maximum absolute atomic E-state index is 12.8. The number of aromatic nitrogens is 2. The van der Waals surface area contributed by atoms with Crippen molar-refractivity contribution in [2.45, 2.75) is 13.5 Å². The molecule has 0 atom stereocenters. The van der Waals surface area contributed by atoms with Gasteiger partial charge < -0.3 is 9.73 Å². The fourth-order valence-corrected chi connectivity index (χ4v) is 1.99. The lowest BCUT2D eigenvalue weighted by Crippen LogP contribution is -1.99. The highest BCUT2D eigenvalue weighted by atomic mass is 19.1. The first kappa shape index (κ1) is 13.3. The van der Waals surface area contributed by atoms with Gasteiger partial charge in [0.15, 0.2) is 0 Å². The number of nitrogens with zero attached hydrogens (tertiary/aromatic N) is 2. The third-order valence-corrected chi connectivity index (χ3v) is 3.13. The largest absolute Gasteiger partial charge is 0.419 e. The van der Waals surface area contributed by atoms with E-state index in [9.17, 15) is 4.39 Å². The molecule has 0 unspecified atom stereocenters. The molecule has 1 heterocycles. The molecule has 0 amide bonds. The van der Waals surface area contributed by atoms with Crippen molar-refractivity contribution in [1.29, 1.82) is 0 Å². The zero-order chi connectivity index (χ0) is 14.7. The van der Waals surface area contributed by atoms with Gasteiger partial charge in [0, 0.05) is 11.3 Å². The van der Waals surface area contributed by atoms with Gasteiger partial charge in [-0.05, 0) is 42.8 Å². The lowest BCUT2D eigenvalue weighted by atomic mass is 10.1. The van der Waals surface area contributed by atoms with Crippen LogP contribution in [0.4, 0.5) is 10.1 Å². The Morgan fingerprint density at radius 3 is 2.57 bits per heavy atom. The van der Waals surface area contributed by atoms with Crippen molar-refractivity contribution < 1.29 is 8.81 Å². The lowest BCUT2D eigenvalue weighted by molar-refractivity contribution is 0.514. The molecule has 0 aliphatic heterocycles. The number of nitrogens with one attached hydrogen (secondary N) is 1. The number of halogens is 1. The van der Waals surface area contributed by atoms with E-state index in [0.29, 0.717) is 18.3 Å². The molecular formula is C16H14FN3O. The van der Waals surface area contributed by atoms with Gasteiger partial charge in [0.2, 0.25) is 11.8 Å². The van der Waals surface area contributed by atoms with Crippen LogP contribution in [0.2, 0.25) is 0 Å². The molecule has 0 saturated heterocycles. The summed E-state index contributed by atoms with van der Waals surface area (Å²) in [6, 6.07) is 14.0. The van der Waals surface area contributed by atoms with Crippen LogP contribution in [0.25, 0.3) is 11.5 Å². The van der Waals surface area contributed by atoms with Crippen LogP contribution < -0.4 is 5.32 Å². The standard InChI is InChI=1S/C16H14FN3O/c1-11-4-2-3-5-14(11)16-20-19-15(21-16)10-18-13-8-6-12(17)7-9-13/h2-9,18H,10H2,1H3. The van der Waals surface area contributed by atoms with E-state index in [4.69, 9.17) is 4.42 Å². The van der Waals surface area contributed by atoms with E-state index in [0.717, 1.165) is 16.8 Å². The zero-order valence-electron chi connectivity index (χ0n) is 11.5. The predicted octanol–water partition coefficient (Wildman–Crippen LogP) is 3.80. The van der Waals surface area contributed by atoms with Crippen molar-refractivity contribution in [3.8, 4) is 11.5 Å². The Morgan fingerprint density at radius 2 is 1.81 bits per heavy atom. The van der Waals surface area contributed by atoms with Crippen LogP contribution in [0.15, 0.2) is 52.9 Å². The van der Waals surface area contributed by atoms with Gasteiger partial charge in [-0.15, -0.1) is 10.2 Å². The molecule has 1 aromatic heterocycles. The molecule has 0 aliphatic carbocycles. The molecule has 0 radical (unpaired) electrons. The summed E-state index contributed by atoms with van der Waals surface area (Å²) in [5.74, 6) is 0.724. The van der Waals surface area contributed by atoms with E-state index < -0.39 is 0 Å². The fraction of sp³-hybridized carbons (Fsp3) is 0.125. The van der Waals surface area contributed by atoms with Crippen molar-refractivity contribution in [2.24, 2.45) is 0 Å². The van der Waals surface area contributed by atoms with Crippen molar-refractivity contribution in [2.75, 3.05) is 5.32 Å². The first-order valence-electron chi connectivity index (χ1n) is 6.60. The van der Waals surface area contributed by atoms with Crippen molar-refractivity contribution in [1.82, 2.24) is 10.2 Å². The third-order valence-electron chi connectivity index (χ3n) is 3.13. The Hall–Kier alpha value is -2.69. The summed E-state index contributed by atoms with van der Waals surface area (Å²) in [6.45, 7) is 2.39. The van der Waals surface area contributed by atoms with Crippen LogP contribution in [-0.2, 0) is 6.54 Å². The smallest absolute Gasteiger partial charge is 0.248 e. The average molecular weight is 283 g/mol. The Balaban J connectivity index is 1.71. The number of anilines is 1. The zero-order valence-corrected chi connectivity index (χ0v) is 11.5. The Bertz CT molecular complexity index is 737. The molecule has 4 nitrogen and oxygen atoms in total. The van der Waals surface area contributed by atoms with Gasteiger partial charge in [-0.1, -0.05) is 18.2 Å². The van der Waals surface area contributed by atoms with Crippen molar-refractivity contribution in [3.63, 3.8) is 0 Å². The van der Waals surface area contributed by atoms with E-state index in [1.54, 1.807) is 12.1 Å². The first-order valence-corrected chi connectivity index (χ1v) is 6.60. The van der Waals surface area contributed by atoms with Gasteiger partial charge in [-0.3, -0.25) is 0 Å². The fourth-order valence-electron chi connectivity index (χ4n) is 1.99. The molecule has 0 fully saturated rings. The average Bonchev–Trinajstić information content (AvgIpc) is 2.96. The molecule has 0 bridgehead atoms. The molecule has 0 spiro atoms. The van der Waals surface area contributed by atoms with Gasteiger partial charge in [-0.25, -0.2) is 4.39 Å². The summed E-state index contributed by atoms with van der Waals surface area (Å²) in [7, 11) is 0. The normalized spacial score (nSPS) is 10.6. The lowest BCUT2D eigenvalue weighted by Gasteiger charge is -2.02. The first-order chi connectivity index (χ1) is 10.2. The molecular weight excluding hydrogens is 269 g/mol. The van der Waals surface area contributed by atoms with Crippen LogP contribution in [0.3, 0.4) is 0 Å². The highest BCUT2D eigenvalue weighted by Gasteiger charge is 2.10. The van der Waals surface area contributed by atoms with Gasteiger partial charge in [0.1, 0.15) is 5.82 Å². The van der Waals surface area contributed by atoms with E-state index in [2.05, 4.69) is 15.5 Å². The quantitative estimate of drug-likeness (QED) is 0.791. The Kier molecular flexibility index (Phi) is 3.64. The minimum Gasteiger partial charge on any atom is -0.419 e. The monoisotopic (exact) mass is 283 g/mol. The summed E-state index contributed by atoms with van der Waals surface area (Å²) < 4.78 is 18.4. The molecule has 0 aliphatic rings. The van der Waals surface area contributed by atoms with Crippen LogP contribution in [0, 0.1) is 12.7 Å². The maximum atomic E-state index is 12.8. The van der Waals surface area contributed by atoms with Gasteiger partial charge >= 0.3 is 0 Å². The molecule has 1 N–H and O–H groups in total. The number of hydrogen-bond acceptors (Lipinski definition) is 4. The number of aryl methyl sites for hydroxylation is 1. The minimum atomic E-state index is -0.264. The van der Waals surface area contributed by atoms with Crippen molar-refractivity contribution >= 4 is 5.69 Å². The second-order valence-electron chi connectivity index (χ2n) is 4.68. The van der Waals surface area contributed by atoms with E-state index in [1.165, 1.54) is 12.1 Å². The van der Waals surface area contributed by atoms with E-state index >= 15 is 0 Å². The summed E-state index contributed by atoms with van der Waals surface area (Å²) in [5.41, 5.74) is 2.81. The molecule has 5 heteroatoms. The Labute approximate surface area is 121 Å². The van der Waals surface area contributed by atoms with Crippen LogP contribution in [0.1, 0.15) is 11.5 Å². The molecule has 2 aromatic carbocycles. The molecule has 0 saturated carbocycles. The number of rotatable bonds is 4. The summed E-state index contributed by atoms with van der Waals surface area (Å²) in [4.78, 5) is 0. The second kappa shape index (κ2) is 5.75. The van der Waals surface area contributed by atoms with Gasteiger partial charge in [0.25, 0.3) is 0 Å². The van der Waals surface area contributed by atoms with Gasteiger partial charge in [0.05, 0.1) is 6.54 Å². The number of hydrogen-bond donors (Lipinski definition) is 1. The molecule has 106 valence electrons. The molecule has 3 rings (SSSR count). The van der Waals surface area contributed by atoms with Gasteiger partial charge in [-0.2, -0.15) is 0 Å². The van der Waals surface area contributed by atoms with Crippen LogP contribution in [-0.4, -0.2) is 10.2 Å². The van der Waals surface area contributed by atoms with Crippen LogP contribution in [0.5, 0.6) is 0 Å². The minimum absolute atomic E-state index is 0.264. The van der Waals surface area contributed by atoms with E-state index in [-0.39, 0.29) is 5.82 Å². The summed E-state index contributed by atoms with van der Waals surface area (Å²) in [5, 5.41) is 11.2. The topological polar surface area (TPSA) is 51.0 Å². The summed E-state index contributed by atoms with van der Waals surface area (Å²) in [6.07, 6.45) is 0. The Morgan fingerprint density at radius 1 is 1.05 bits per heavy atom. The maximum Gasteiger partial charge on any atom is 0.248 e. The highest BCUT2D eigenvalue weighted by Crippen LogP contribution is 2.21. The number of benzene rings is 2. The van der Waals surface area contributed by atoms with Crippen LogP contribution >= 0.6 is 0 Å². The molecule has 3 aromatic rings. The summed E-state index contributed by atoms with van der Waals surface area (Å²) >= 11 is 0. The van der Waals surface area contributed by atoms with E-state index in [1.807, 2.05) is 31.2 Å². The molecule has 21 heavy (non-hydrogen) atoms. The highest BCUT2D eigenvalue weighted by molar-refractivity contribution is 5.57.